The number of rotatable bonds is 5. The molecule has 1 amide bonds. The monoisotopic (exact) mass is 437 g/mol. The van der Waals surface area contributed by atoms with Gasteiger partial charge in [-0.25, -0.2) is 13.1 Å². The largest absolute Gasteiger partial charge is 0.345 e. The van der Waals surface area contributed by atoms with Gasteiger partial charge in [-0.2, -0.15) is 15.4 Å². The molecule has 0 radical (unpaired) electrons. The number of carbonyl (C=O) groups is 1. The molecule has 3 aromatic rings. The van der Waals surface area contributed by atoms with E-state index in [4.69, 9.17) is 0 Å². The number of amides is 1. The van der Waals surface area contributed by atoms with E-state index in [-0.39, 0.29) is 10.8 Å². The Morgan fingerprint density at radius 3 is 2.73 bits per heavy atom. The second-order valence-electron chi connectivity index (χ2n) is 5.62. The number of hydrogen-bond donors (Lipinski definition) is 3. The second-order valence-corrected chi connectivity index (χ2v) is 8.42. The summed E-state index contributed by atoms with van der Waals surface area (Å²) in [6, 6.07) is 9.43. The molecule has 0 saturated carbocycles. The number of benzene rings is 2. The molecule has 0 aliphatic carbocycles. The molecule has 0 aliphatic heterocycles. The Morgan fingerprint density at radius 1 is 1.23 bits per heavy atom. The lowest BCUT2D eigenvalue weighted by Gasteiger charge is -2.15. The van der Waals surface area contributed by atoms with E-state index in [1.165, 1.54) is 19.2 Å². The molecule has 1 unspecified atom stereocenters. The summed E-state index contributed by atoms with van der Waals surface area (Å²) in [4.78, 5) is 12.8. The van der Waals surface area contributed by atoms with Crippen LogP contribution in [0.15, 0.2) is 45.8 Å². The smallest absolute Gasteiger partial charge is 0.254 e. The molecule has 1 atom stereocenters. The highest BCUT2D eigenvalue weighted by molar-refractivity contribution is 9.10. The Labute approximate surface area is 158 Å². The zero-order valence-electron chi connectivity index (χ0n) is 13.9. The van der Waals surface area contributed by atoms with Crippen LogP contribution in [0.3, 0.4) is 0 Å². The maximum absolute atomic E-state index is 12.7. The molecule has 0 spiro atoms. The molecule has 0 saturated heterocycles. The molecule has 1 aromatic heterocycles. The average molecular weight is 438 g/mol. The number of H-pyrrole nitrogens is 1. The summed E-state index contributed by atoms with van der Waals surface area (Å²) in [5, 5.41) is 13.4. The molecule has 2 aromatic carbocycles. The maximum Gasteiger partial charge on any atom is 0.254 e. The predicted molar refractivity (Wildman–Crippen MR) is 100 cm³/mol. The Hall–Kier alpha value is -2.30. The van der Waals surface area contributed by atoms with Crippen molar-refractivity contribution in [3.05, 3.63) is 52.0 Å². The van der Waals surface area contributed by atoms with Crippen LogP contribution in [0.1, 0.15) is 28.9 Å². The highest BCUT2D eigenvalue weighted by Crippen LogP contribution is 2.23. The number of carbonyl (C=O) groups excluding carboxylic acids is 1. The Morgan fingerprint density at radius 2 is 2.00 bits per heavy atom. The van der Waals surface area contributed by atoms with Gasteiger partial charge in [-0.05, 0) is 43.8 Å². The van der Waals surface area contributed by atoms with Crippen LogP contribution in [-0.4, -0.2) is 36.8 Å². The van der Waals surface area contributed by atoms with Gasteiger partial charge in [0.1, 0.15) is 11.0 Å². The molecule has 136 valence electrons. The average Bonchev–Trinajstić information content (AvgIpc) is 3.09. The van der Waals surface area contributed by atoms with Crippen LogP contribution >= 0.6 is 15.9 Å². The van der Waals surface area contributed by atoms with Crippen molar-refractivity contribution in [3.8, 4) is 0 Å². The van der Waals surface area contributed by atoms with Gasteiger partial charge < -0.3 is 5.32 Å². The predicted octanol–water partition coefficient (Wildman–Crippen LogP) is 2.12. The van der Waals surface area contributed by atoms with E-state index in [0.29, 0.717) is 26.6 Å². The highest BCUT2D eigenvalue weighted by atomic mass is 79.9. The van der Waals surface area contributed by atoms with Gasteiger partial charge >= 0.3 is 0 Å². The third kappa shape index (κ3) is 3.62. The topological polar surface area (TPSA) is 117 Å². The van der Waals surface area contributed by atoms with Gasteiger partial charge in [-0.3, -0.25) is 4.79 Å². The van der Waals surface area contributed by atoms with Gasteiger partial charge in [-0.15, -0.1) is 0 Å². The first kappa shape index (κ1) is 18.5. The number of nitrogens with zero attached hydrogens (tertiary/aromatic N) is 2. The van der Waals surface area contributed by atoms with Gasteiger partial charge in [0.25, 0.3) is 5.91 Å². The molecule has 0 fully saturated rings. The molecular formula is C16H16BrN5O3S. The maximum atomic E-state index is 12.7. The number of fused-ring (bicyclic) bond motifs is 1. The van der Waals surface area contributed by atoms with Gasteiger partial charge in [0.2, 0.25) is 10.0 Å². The summed E-state index contributed by atoms with van der Waals surface area (Å²) in [6.45, 7) is 1.78. The SMILES string of the molecule is CNS(=O)(=O)c1cccc(C(C)NC(=O)c2cc(Br)cc3n[nH]nc23)c1. The minimum atomic E-state index is -3.55. The van der Waals surface area contributed by atoms with Crippen LogP contribution < -0.4 is 10.0 Å². The summed E-state index contributed by atoms with van der Waals surface area (Å²) in [5.74, 6) is -0.334. The van der Waals surface area contributed by atoms with E-state index in [1.807, 2.05) is 0 Å². The van der Waals surface area contributed by atoms with E-state index in [0.717, 1.165) is 0 Å². The fourth-order valence-electron chi connectivity index (χ4n) is 2.52. The van der Waals surface area contributed by atoms with Crippen molar-refractivity contribution in [1.29, 1.82) is 0 Å². The zero-order chi connectivity index (χ0) is 18.9. The van der Waals surface area contributed by atoms with Crippen molar-refractivity contribution >= 4 is 42.9 Å². The Kier molecular flexibility index (Phi) is 5.08. The van der Waals surface area contributed by atoms with Crippen molar-refractivity contribution in [2.24, 2.45) is 0 Å². The molecular weight excluding hydrogens is 422 g/mol. The summed E-state index contributed by atoms with van der Waals surface area (Å²) >= 11 is 3.35. The number of aromatic nitrogens is 3. The molecule has 0 aliphatic rings. The third-order valence-electron chi connectivity index (χ3n) is 3.92. The number of nitrogens with one attached hydrogen (secondary N) is 3. The van der Waals surface area contributed by atoms with E-state index in [9.17, 15) is 13.2 Å². The first-order valence-electron chi connectivity index (χ1n) is 7.66. The fraction of sp³-hybridized carbons (Fsp3) is 0.188. The van der Waals surface area contributed by atoms with Gasteiger partial charge in [0, 0.05) is 4.47 Å². The normalized spacial score (nSPS) is 12.9. The van der Waals surface area contributed by atoms with E-state index >= 15 is 0 Å². The summed E-state index contributed by atoms with van der Waals surface area (Å²) < 4.78 is 26.9. The minimum absolute atomic E-state index is 0.139. The van der Waals surface area contributed by atoms with Crippen molar-refractivity contribution in [2.75, 3.05) is 7.05 Å². The quantitative estimate of drug-likeness (QED) is 0.564. The van der Waals surface area contributed by atoms with Gasteiger partial charge in [0.15, 0.2) is 0 Å². The van der Waals surface area contributed by atoms with Crippen LogP contribution in [-0.2, 0) is 10.0 Å². The van der Waals surface area contributed by atoms with Crippen molar-refractivity contribution in [1.82, 2.24) is 25.4 Å². The zero-order valence-corrected chi connectivity index (χ0v) is 16.3. The fourth-order valence-corrected chi connectivity index (χ4v) is 3.75. The lowest BCUT2D eigenvalue weighted by molar-refractivity contribution is 0.0941. The lowest BCUT2D eigenvalue weighted by Crippen LogP contribution is -2.27. The van der Waals surface area contributed by atoms with Crippen molar-refractivity contribution in [3.63, 3.8) is 0 Å². The van der Waals surface area contributed by atoms with Crippen molar-refractivity contribution < 1.29 is 13.2 Å². The first-order valence-corrected chi connectivity index (χ1v) is 9.94. The van der Waals surface area contributed by atoms with Crippen LogP contribution in [0, 0.1) is 0 Å². The number of aromatic amines is 1. The third-order valence-corrected chi connectivity index (χ3v) is 5.79. The number of sulfonamides is 1. The van der Waals surface area contributed by atoms with E-state index in [1.54, 1.807) is 31.2 Å². The summed E-state index contributed by atoms with van der Waals surface area (Å²) in [7, 11) is -2.20. The second kappa shape index (κ2) is 7.14. The van der Waals surface area contributed by atoms with E-state index < -0.39 is 16.1 Å². The molecule has 26 heavy (non-hydrogen) atoms. The molecule has 10 heteroatoms. The van der Waals surface area contributed by atoms with Crippen LogP contribution in [0.4, 0.5) is 0 Å². The molecule has 8 nitrogen and oxygen atoms in total. The van der Waals surface area contributed by atoms with Crippen LogP contribution in [0.25, 0.3) is 11.0 Å². The van der Waals surface area contributed by atoms with Crippen LogP contribution in [0.5, 0.6) is 0 Å². The van der Waals surface area contributed by atoms with Gasteiger partial charge in [-0.1, -0.05) is 28.1 Å². The van der Waals surface area contributed by atoms with E-state index in [2.05, 4.69) is 41.4 Å². The van der Waals surface area contributed by atoms with Crippen molar-refractivity contribution in [2.45, 2.75) is 17.9 Å². The minimum Gasteiger partial charge on any atom is -0.345 e. The highest BCUT2D eigenvalue weighted by Gasteiger charge is 2.18. The summed E-state index contributed by atoms with van der Waals surface area (Å²) in [5.41, 5.74) is 2.07. The molecule has 3 rings (SSSR count). The number of halogens is 1. The standard InChI is InChI=1S/C16H16BrN5O3S/c1-9(10-4-3-5-12(6-10)26(24,25)18-2)19-16(23)13-7-11(17)8-14-15(13)21-22-20-14/h3-9,18H,1-2H3,(H,19,23)(H,20,21,22). The van der Waals surface area contributed by atoms with Gasteiger partial charge in [0.05, 0.1) is 16.5 Å². The lowest BCUT2D eigenvalue weighted by atomic mass is 10.1. The Balaban J connectivity index is 1.88. The molecule has 3 N–H and O–H groups in total. The molecule has 0 bridgehead atoms. The van der Waals surface area contributed by atoms with Crippen LogP contribution in [0.2, 0.25) is 0 Å². The summed E-state index contributed by atoms with van der Waals surface area (Å²) in [6.07, 6.45) is 0. The molecule has 1 heterocycles. The number of hydrogen-bond acceptors (Lipinski definition) is 5. The first-order chi connectivity index (χ1) is 12.3. The Bertz CT molecular complexity index is 1080.